The number of aromatic amines is 1. The van der Waals surface area contributed by atoms with Crippen LogP contribution in [0.25, 0.3) is 10.9 Å². The van der Waals surface area contributed by atoms with Crippen LogP contribution in [0, 0.1) is 0 Å². The van der Waals surface area contributed by atoms with E-state index in [0.29, 0.717) is 19.5 Å². The van der Waals surface area contributed by atoms with E-state index in [0.717, 1.165) is 33.5 Å². The number of methoxy groups -OCH3 is 1. The van der Waals surface area contributed by atoms with Crippen LogP contribution in [0.4, 0.5) is 4.79 Å². The van der Waals surface area contributed by atoms with Crippen LogP contribution in [0.2, 0.25) is 0 Å². The average molecular weight is 456 g/mol. The van der Waals surface area contributed by atoms with Crippen molar-refractivity contribution < 1.29 is 14.3 Å². The van der Waals surface area contributed by atoms with Gasteiger partial charge in [-0.15, -0.1) is 0 Å². The third kappa shape index (κ3) is 2.88. The first kappa shape index (κ1) is 20.5. The number of urea groups is 1. The van der Waals surface area contributed by atoms with E-state index in [-0.39, 0.29) is 11.9 Å². The molecule has 1 N–H and O–H groups in total. The summed E-state index contributed by atoms with van der Waals surface area (Å²) in [6.07, 6.45) is 5.65. The van der Waals surface area contributed by atoms with Crippen LogP contribution in [0.3, 0.4) is 0 Å². The molecule has 8 nitrogen and oxygen atoms in total. The minimum Gasteiger partial charge on any atom is -0.497 e. The van der Waals surface area contributed by atoms with Gasteiger partial charge in [-0.3, -0.25) is 14.6 Å². The number of carbonyl (C=O) groups is 2. The van der Waals surface area contributed by atoms with Crippen molar-refractivity contribution in [3.8, 4) is 5.75 Å². The Morgan fingerprint density at radius 2 is 1.97 bits per heavy atom. The number of nitrogens with one attached hydrogen (secondary N) is 1. The van der Waals surface area contributed by atoms with Crippen molar-refractivity contribution in [2.24, 2.45) is 0 Å². The van der Waals surface area contributed by atoms with Gasteiger partial charge >= 0.3 is 6.03 Å². The van der Waals surface area contributed by atoms with Gasteiger partial charge in [-0.2, -0.15) is 0 Å². The zero-order chi connectivity index (χ0) is 23.4. The molecule has 0 spiro atoms. The van der Waals surface area contributed by atoms with Crippen molar-refractivity contribution in [2.45, 2.75) is 31.5 Å². The molecule has 172 valence electrons. The van der Waals surface area contributed by atoms with E-state index in [1.807, 2.05) is 66.2 Å². The lowest BCUT2D eigenvalue weighted by atomic mass is 9.81. The number of imide groups is 1. The van der Waals surface area contributed by atoms with E-state index in [1.54, 1.807) is 24.5 Å². The van der Waals surface area contributed by atoms with Crippen LogP contribution in [0.1, 0.15) is 29.8 Å². The first-order chi connectivity index (χ1) is 16.5. The topological polar surface area (TPSA) is 83.5 Å². The first-order valence-corrected chi connectivity index (χ1v) is 11.4. The van der Waals surface area contributed by atoms with Gasteiger partial charge in [0.1, 0.15) is 17.3 Å². The summed E-state index contributed by atoms with van der Waals surface area (Å²) >= 11 is 0. The molecule has 2 atom stereocenters. The van der Waals surface area contributed by atoms with Gasteiger partial charge < -0.3 is 14.3 Å². The van der Waals surface area contributed by atoms with Crippen molar-refractivity contribution in [3.05, 3.63) is 84.1 Å². The second-order valence-electron chi connectivity index (χ2n) is 9.10. The lowest BCUT2D eigenvalue weighted by Gasteiger charge is -2.42. The molecule has 6 rings (SSSR count). The zero-order valence-corrected chi connectivity index (χ0v) is 19.1. The zero-order valence-electron chi connectivity index (χ0n) is 19.1. The van der Waals surface area contributed by atoms with Gasteiger partial charge in [0.25, 0.3) is 5.91 Å². The monoisotopic (exact) mass is 455 g/mol. The second-order valence-corrected chi connectivity index (χ2v) is 9.10. The van der Waals surface area contributed by atoms with Crippen molar-refractivity contribution in [1.82, 2.24) is 24.3 Å². The Hall–Kier alpha value is -4.07. The minimum atomic E-state index is -0.988. The Kier molecular flexibility index (Phi) is 4.52. The van der Waals surface area contributed by atoms with E-state index >= 15 is 0 Å². The summed E-state index contributed by atoms with van der Waals surface area (Å²) < 4.78 is 7.34. The molecule has 1 fully saturated rings. The molecule has 1 saturated heterocycles. The highest BCUT2D eigenvalue weighted by atomic mass is 16.5. The summed E-state index contributed by atoms with van der Waals surface area (Å²) in [5.74, 6) is 0.593. The van der Waals surface area contributed by atoms with Gasteiger partial charge in [-0.05, 0) is 36.2 Å². The SMILES string of the molecule is COc1ccc2[nH]c3c(c2c1)CC1(C)C(=O)N(CCn2ccnc2)C(=O)N1C3c1ccccc1. The molecule has 0 aliphatic carbocycles. The van der Waals surface area contributed by atoms with Crippen molar-refractivity contribution in [3.63, 3.8) is 0 Å². The highest BCUT2D eigenvalue weighted by Gasteiger charge is 2.60. The summed E-state index contributed by atoms with van der Waals surface area (Å²) in [4.78, 5) is 38.4. The summed E-state index contributed by atoms with van der Waals surface area (Å²) in [6.45, 7) is 2.69. The number of H-pyrrole nitrogens is 1. The normalized spacial score (nSPS) is 21.8. The van der Waals surface area contributed by atoms with Crippen molar-refractivity contribution >= 4 is 22.8 Å². The van der Waals surface area contributed by atoms with Crippen molar-refractivity contribution in [1.29, 1.82) is 0 Å². The Morgan fingerprint density at radius 1 is 1.15 bits per heavy atom. The van der Waals surface area contributed by atoms with E-state index < -0.39 is 11.6 Å². The van der Waals surface area contributed by atoms with E-state index in [1.165, 1.54) is 4.90 Å². The summed E-state index contributed by atoms with van der Waals surface area (Å²) in [5, 5.41) is 1.02. The molecule has 4 aromatic rings. The molecule has 2 unspecified atom stereocenters. The molecule has 2 aromatic carbocycles. The number of fused-ring (bicyclic) bond motifs is 4. The van der Waals surface area contributed by atoms with Gasteiger partial charge in [0.05, 0.1) is 13.4 Å². The van der Waals surface area contributed by atoms with Crippen LogP contribution in [0.5, 0.6) is 5.75 Å². The van der Waals surface area contributed by atoms with Gasteiger partial charge in [0.2, 0.25) is 0 Å². The number of amides is 3. The summed E-state index contributed by atoms with van der Waals surface area (Å²) in [7, 11) is 1.65. The van der Waals surface area contributed by atoms with Crippen LogP contribution in [-0.4, -0.2) is 55.5 Å². The third-order valence-corrected chi connectivity index (χ3v) is 7.13. The molecule has 0 saturated carbocycles. The molecule has 2 aliphatic heterocycles. The largest absolute Gasteiger partial charge is 0.497 e. The number of nitrogens with zero attached hydrogens (tertiary/aromatic N) is 4. The Bertz CT molecular complexity index is 1390. The highest BCUT2D eigenvalue weighted by Crippen LogP contribution is 2.48. The summed E-state index contributed by atoms with van der Waals surface area (Å²) in [6, 6.07) is 15.2. The highest BCUT2D eigenvalue weighted by molar-refractivity contribution is 6.08. The predicted molar refractivity (Wildman–Crippen MR) is 126 cm³/mol. The second kappa shape index (κ2) is 7.48. The molecular weight excluding hydrogens is 430 g/mol. The number of benzene rings is 2. The number of hydrogen-bond donors (Lipinski definition) is 1. The smallest absolute Gasteiger partial charge is 0.328 e. The molecule has 2 aliphatic rings. The fourth-order valence-corrected chi connectivity index (χ4v) is 5.43. The van der Waals surface area contributed by atoms with E-state index in [2.05, 4.69) is 9.97 Å². The molecule has 2 aromatic heterocycles. The number of rotatable bonds is 5. The van der Waals surface area contributed by atoms with E-state index in [9.17, 15) is 9.59 Å². The molecular formula is C26H25N5O3. The molecule has 34 heavy (non-hydrogen) atoms. The molecule has 4 heterocycles. The number of imidazole rings is 1. The fourth-order valence-electron chi connectivity index (χ4n) is 5.43. The Labute approximate surface area is 196 Å². The maximum atomic E-state index is 13.8. The minimum absolute atomic E-state index is 0.165. The predicted octanol–water partition coefficient (Wildman–Crippen LogP) is 3.74. The lowest BCUT2D eigenvalue weighted by molar-refractivity contribution is -0.133. The van der Waals surface area contributed by atoms with Gasteiger partial charge in [0.15, 0.2) is 0 Å². The standard InChI is InChI=1S/C26H25N5O3/c1-26-15-20-19-14-18(34-2)8-9-21(19)28-22(20)23(17-6-4-3-5-7-17)31(26)25(33)30(24(26)32)13-12-29-11-10-27-16-29/h3-11,14,16,23,28H,12-13,15H2,1-2H3. The third-order valence-electron chi connectivity index (χ3n) is 7.13. The Morgan fingerprint density at radius 3 is 2.71 bits per heavy atom. The van der Waals surface area contributed by atoms with Gasteiger partial charge in [-0.25, -0.2) is 9.78 Å². The lowest BCUT2D eigenvalue weighted by Crippen LogP contribution is -2.53. The van der Waals surface area contributed by atoms with Crippen LogP contribution < -0.4 is 4.74 Å². The fraction of sp³-hybridized carbons (Fsp3) is 0.269. The number of aromatic nitrogens is 3. The van der Waals surface area contributed by atoms with Crippen LogP contribution >= 0.6 is 0 Å². The number of hydrogen-bond acceptors (Lipinski definition) is 4. The average Bonchev–Trinajstić information content (AvgIpc) is 3.54. The molecule has 8 heteroatoms. The summed E-state index contributed by atoms with van der Waals surface area (Å²) in [5.41, 5.74) is 2.94. The number of carbonyl (C=O) groups excluding carboxylic acids is 2. The first-order valence-electron chi connectivity index (χ1n) is 11.4. The quantitative estimate of drug-likeness (QED) is 0.465. The van der Waals surface area contributed by atoms with E-state index in [4.69, 9.17) is 4.74 Å². The molecule has 3 amide bonds. The van der Waals surface area contributed by atoms with Gasteiger partial charge in [0, 0.05) is 48.5 Å². The molecule has 0 radical (unpaired) electrons. The Balaban J connectivity index is 1.49. The molecule has 0 bridgehead atoms. The van der Waals surface area contributed by atoms with Crippen LogP contribution in [0.15, 0.2) is 67.3 Å². The van der Waals surface area contributed by atoms with Gasteiger partial charge in [-0.1, -0.05) is 30.3 Å². The number of ether oxygens (including phenoxy) is 1. The maximum Gasteiger partial charge on any atom is 0.328 e. The van der Waals surface area contributed by atoms with Crippen molar-refractivity contribution in [2.75, 3.05) is 13.7 Å². The van der Waals surface area contributed by atoms with Crippen LogP contribution in [-0.2, 0) is 17.8 Å². The maximum absolute atomic E-state index is 13.8.